The second-order valence-corrected chi connectivity index (χ2v) is 4.31. The highest BCUT2D eigenvalue weighted by molar-refractivity contribution is 5.90. The molecule has 0 aliphatic carbocycles. The van der Waals surface area contributed by atoms with Crippen molar-refractivity contribution in [2.45, 2.75) is 26.2 Å². The predicted octanol–water partition coefficient (Wildman–Crippen LogP) is 1.56. The molecule has 0 saturated heterocycles. The third kappa shape index (κ3) is 3.36. The fourth-order valence-electron chi connectivity index (χ4n) is 0.992. The van der Waals surface area contributed by atoms with E-state index in [4.69, 9.17) is 4.52 Å². The zero-order valence-electron chi connectivity index (χ0n) is 9.46. The molecule has 0 fully saturated rings. The molecule has 1 aromatic rings. The first-order valence-electron chi connectivity index (χ1n) is 4.69. The number of hydrogen-bond donors (Lipinski definition) is 1. The van der Waals surface area contributed by atoms with Crippen LogP contribution in [0, 0.1) is 0 Å². The smallest absolute Gasteiger partial charge is 0.252 e. The summed E-state index contributed by atoms with van der Waals surface area (Å²) >= 11 is 0. The lowest BCUT2D eigenvalue weighted by Gasteiger charge is -2.12. The minimum Gasteiger partial charge on any atom is -0.375 e. The van der Waals surface area contributed by atoms with Gasteiger partial charge in [-0.2, -0.15) is 0 Å². The third-order valence-electron chi connectivity index (χ3n) is 1.82. The van der Waals surface area contributed by atoms with E-state index >= 15 is 0 Å². The predicted molar refractivity (Wildman–Crippen MR) is 55.7 cm³/mol. The van der Waals surface area contributed by atoms with Gasteiger partial charge in [0, 0.05) is 18.6 Å². The summed E-state index contributed by atoms with van der Waals surface area (Å²) in [5, 5.41) is 6.41. The number of hydrogen-bond acceptors (Lipinski definition) is 4. The van der Waals surface area contributed by atoms with Gasteiger partial charge in [-0.05, 0) is 0 Å². The van der Waals surface area contributed by atoms with Gasteiger partial charge in [-0.15, -0.1) is 0 Å². The maximum Gasteiger partial charge on any atom is 0.252 e. The molecule has 1 amide bonds. The van der Waals surface area contributed by atoms with Crippen molar-refractivity contribution in [1.29, 1.82) is 0 Å². The number of nitrogens with one attached hydrogen (secondary N) is 1. The van der Waals surface area contributed by atoms with Gasteiger partial charge in [0.25, 0.3) is 5.91 Å². The molecule has 0 spiro atoms. The molecular formula is C10H16N2O3. The van der Waals surface area contributed by atoms with E-state index in [0.717, 1.165) is 5.69 Å². The maximum atomic E-state index is 11.1. The van der Waals surface area contributed by atoms with E-state index < -0.39 is 0 Å². The average Bonchev–Trinajstić information content (AvgIpc) is 2.52. The molecule has 84 valence electrons. The molecule has 0 bridgehead atoms. The normalized spacial score (nSPS) is 11.5. The third-order valence-corrected chi connectivity index (χ3v) is 1.82. The van der Waals surface area contributed by atoms with Crippen LogP contribution in [0.2, 0.25) is 0 Å². The molecule has 5 heteroatoms. The number of nitrogens with zero attached hydrogens (tertiary/aromatic N) is 1. The number of ether oxygens (including phenoxy) is 1. The number of anilines is 1. The van der Waals surface area contributed by atoms with Gasteiger partial charge in [-0.3, -0.25) is 10.1 Å². The van der Waals surface area contributed by atoms with E-state index in [1.54, 1.807) is 6.07 Å². The fourth-order valence-corrected chi connectivity index (χ4v) is 0.992. The van der Waals surface area contributed by atoms with Crippen LogP contribution in [0.25, 0.3) is 0 Å². The maximum absolute atomic E-state index is 11.1. The highest BCUT2D eigenvalue weighted by Gasteiger charge is 2.19. The first kappa shape index (κ1) is 11.7. The van der Waals surface area contributed by atoms with Crippen molar-refractivity contribution >= 4 is 11.8 Å². The van der Waals surface area contributed by atoms with E-state index in [-0.39, 0.29) is 17.9 Å². The van der Waals surface area contributed by atoms with Crippen LogP contribution in [0.5, 0.6) is 0 Å². The largest absolute Gasteiger partial charge is 0.375 e. The molecule has 0 aliphatic rings. The van der Waals surface area contributed by atoms with Gasteiger partial charge < -0.3 is 9.26 Å². The van der Waals surface area contributed by atoms with E-state index in [9.17, 15) is 4.79 Å². The molecule has 1 rings (SSSR count). The number of carbonyl (C=O) groups is 1. The van der Waals surface area contributed by atoms with Crippen LogP contribution >= 0.6 is 0 Å². The summed E-state index contributed by atoms with van der Waals surface area (Å²) in [6, 6.07) is 1.72. The average molecular weight is 212 g/mol. The molecule has 15 heavy (non-hydrogen) atoms. The lowest BCUT2D eigenvalue weighted by atomic mass is 9.92. The summed E-state index contributed by atoms with van der Waals surface area (Å²) in [7, 11) is 1.46. The molecule has 0 aliphatic heterocycles. The summed E-state index contributed by atoms with van der Waals surface area (Å²) < 4.78 is 9.65. The standard InChI is InChI=1S/C10H16N2O3/c1-10(2,3)7-5-9(15-12-7)11-8(13)6-14-4/h5H,6H2,1-4H3,(H,11,13). The van der Waals surface area contributed by atoms with Crippen molar-refractivity contribution in [3.05, 3.63) is 11.8 Å². The Labute approximate surface area is 88.8 Å². The summed E-state index contributed by atoms with van der Waals surface area (Å²) in [6.07, 6.45) is 0. The Morgan fingerprint density at radius 3 is 2.73 bits per heavy atom. The topological polar surface area (TPSA) is 64.4 Å². The van der Waals surface area contributed by atoms with E-state index in [2.05, 4.69) is 15.2 Å². The quantitative estimate of drug-likeness (QED) is 0.825. The minimum atomic E-state index is -0.255. The first-order chi connectivity index (χ1) is 6.93. The van der Waals surface area contributed by atoms with Crippen LogP contribution in [0.4, 0.5) is 5.88 Å². The molecule has 0 radical (unpaired) electrons. The Morgan fingerprint density at radius 1 is 1.60 bits per heavy atom. The van der Waals surface area contributed by atoms with Gasteiger partial charge in [-0.25, -0.2) is 0 Å². The molecule has 5 nitrogen and oxygen atoms in total. The zero-order chi connectivity index (χ0) is 11.5. The lowest BCUT2D eigenvalue weighted by molar-refractivity contribution is -0.119. The number of amides is 1. The molecule has 0 atom stereocenters. The number of methoxy groups -OCH3 is 1. The summed E-state index contributed by atoms with van der Waals surface area (Å²) in [5.74, 6) is 0.0936. The monoisotopic (exact) mass is 212 g/mol. The molecule has 0 unspecified atom stereocenters. The van der Waals surface area contributed by atoms with Gasteiger partial charge in [0.2, 0.25) is 5.88 Å². The Balaban J connectivity index is 2.65. The fraction of sp³-hybridized carbons (Fsp3) is 0.600. The van der Waals surface area contributed by atoms with Gasteiger partial charge in [0.05, 0.1) is 5.69 Å². The second-order valence-electron chi connectivity index (χ2n) is 4.31. The van der Waals surface area contributed by atoms with Crippen molar-refractivity contribution in [2.75, 3.05) is 19.0 Å². The molecule has 0 aromatic carbocycles. The number of carbonyl (C=O) groups excluding carboxylic acids is 1. The van der Waals surface area contributed by atoms with Crippen LogP contribution in [-0.2, 0) is 14.9 Å². The summed E-state index contributed by atoms with van der Waals surface area (Å²) in [6.45, 7) is 6.06. The second kappa shape index (κ2) is 4.44. The summed E-state index contributed by atoms with van der Waals surface area (Å²) in [4.78, 5) is 11.1. The highest BCUT2D eigenvalue weighted by Crippen LogP contribution is 2.23. The number of aromatic nitrogens is 1. The molecule has 1 aromatic heterocycles. The van der Waals surface area contributed by atoms with Gasteiger partial charge in [0.15, 0.2) is 0 Å². The Hall–Kier alpha value is -1.36. The zero-order valence-corrected chi connectivity index (χ0v) is 9.46. The Morgan fingerprint density at radius 2 is 2.27 bits per heavy atom. The van der Waals surface area contributed by atoms with Crippen LogP contribution < -0.4 is 5.32 Å². The lowest BCUT2D eigenvalue weighted by Crippen LogP contribution is -2.16. The van der Waals surface area contributed by atoms with E-state index in [1.165, 1.54) is 7.11 Å². The van der Waals surface area contributed by atoms with Crippen LogP contribution in [0.15, 0.2) is 10.6 Å². The van der Waals surface area contributed by atoms with E-state index in [1.807, 2.05) is 20.8 Å². The van der Waals surface area contributed by atoms with Crippen LogP contribution in [0.3, 0.4) is 0 Å². The van der Waals surface area contributed by atoms with Crippen LogP contribution in [0.1, 0.15) is 26.5 Å². The SMILES string of the molecule is COCC(=O)Nc1cc(C(C)(C)C)no1. The van der Waals surface area contributed by atoms with Crippen molar-refractivity contribution in [3.8, 4) is 0 Å². The minimum absolute atomic E-state index is 0.00551. The van der Waals surface area contributed by atoms with Gasteiger partial charge >= 0.3 is 0 Å². The Bertz CT molecular complexity index is 339. The van der Waals surface area contributed by atoms with Crippen LogP contribution in [-0.4, -0.2) is 24.8 Å². The van der Waals surface area contributed by atoms with Crippen molar-refractivity contribution in [1.82, 2.24) is 5.16 Å². The first-order valence-corrected chi connectivity index (χ1v) is 4.69. The van der Waals surface area contributed by atoms with Crippen molar-refractivity contribution in [3.63, 3.8) is 0 Å². The molecule has 1 heterocycles. The molecule has 0 saturated carbocycles. The van der Waals surface area contributed by atoms with Crippen molar-refractivity contribution < 1.29 is 14.1 Å². The van der Waals surface area contributed by atoms with E-state index in [0.29, 0.717) is 5.88 Å². The van der Waals surface area contributed by atoms with Crippen molar-refractivity contribution in [2.24, 2.45) is 0 Å². The molecule has 1 N–H and O–H groups in total. The van der Waals surface area contributed by atoms with Gasteiger partial charge in [0.1, 0.15) is 6.61 Å². The summed E-state index contributed by atoms with van der Waals surface area (Å²) in [5.41, 5.74) is 0.712. The van der Waals surface area contributed by atoms with Gasteiger partial charge in [-0.1, -0.05) is 25.9 Å². The molecular weight excluding hydrogens is 196 g/mol. The number of rotatable bonds is 3. The highest BCUT2D eigenvalue weighted by atomic mass is 16.5. The Kier molecular flexibility index (Phi) is 3.47.